The molecule has 2 aromatic carbocycles. The van der Waals surface area contributed by atoms with Crippen molar-refractivity contribution < 1.29 is 9.53 Å². The minimum absolute atomic E-state index is 0.0561. The molecule has 29 heavy (non-hydrogen) atoms. The Hall–Kier alpha value is -2.75. The van der Waals surface area contributed by atoms with Gasteiger partial charge in [-0.2, -0.15) is 5.26 Å². The van der Waals surface area contributed by atoms with E-state index < -0.39 is 0 Å². The van der Waals surface area contributed by atoms with Gasteiger partial charge in [-0.1, -0.05) is 60.3 Å². The maximum absolute atomic E-state index is 13.0. The van der Waals surface area contributed by atoms with Crippen LogP contribution in [0.25, 0.3) is 0 Å². The highest BCUT2D eigenvalue weighted by molar-refractivity contribution is 8.03. The van der Waals surface area contributed by atoms with Crippen molar-refractivity contribution in [2.75, 3.05) is 19.2 Å². The fourth-order valence-corrected chi connectivity index (χ4v) is 5.01. The van der Waals surface area contributed by atoms with Crippen molar-refractivity contribution in [3.63, 3.8) is 0 Å². The van der Waals surface area contributed by atoms with E-state index in [2.05, 4.69) is 23.1 Å². The first-order valence-electron chi connectivity index (χ1n) is 9.76. The molecule has 0 unspecified atom stereocenters. The van der Waals surface area contributed by atoms with Crippen LogP contribution in [0.3, 0.4) is 0 Å². The van der Waals surface area contributed by atoms with E-state index in [9.17, 15) is 10.1 Å². The molecular formula is C23H23N3O2S. The zero-order valence-electron chi connectivity index (χ0n) is 16.4. The number of allylic oxidation sites excluding steroid dienone is 1. The van der Waals surface area contributed by atoms with E-state index in [-0.39, 0.29) is 18.2 Å². The third kappa shape index (κ3) is 4.02. The molecule has 2 aromatic rings. The van der Waals surface area contributed by atoms with Gasteiger partial charge in [0.05, 0.1) is 35.8 Å². The highest BCUT2D eigenvalue weighted by Crippen LogP contribution is 2.44. The summed E-state index contributed by atoms with van der Waals surface area (Å²) in [5, 5.41) is 10.8. The number of carbonyl (C=O) groups is 1. The van der Waals surface area contributed by atoms with Gasteiger partial charge in [-0.15, -0.1) is 0 Å². The number of hydrogen-bond donors (Lipinski definition) is 0. The van der Waals surface area contributed by atoms with Gasteiger partial charge < -0.3 is 4.74 Å². The third-order valence-corrected chi connectivity index (χ3v) is 6.40. The lowest BCUT2D eigenvalue weighted by Gasteiger charge is -2.41. The lowest BCUT2D eigenvalue weighted by molar-refractivity contribution is -0.131. The Morgan fingerprint density at radius 2 is 1.93 bits per heavy atom. The van der Waals surface area contributed by atoms with E-state index in [0.29, 0.717) is 18.8 Å². The van der Waals surface area contributed by atoms with Crippen LogP contribution in [0.5, 0.6) is 5.75 Å². The van der Waals surface area contributed by atoms with Gasteiger partial charge in [0.25, 0.3) is 0 Å². The van der Waals surface area contributed by atoms with Crippen molar-refractivity contribution in [2.45, 2.75) is 25.8 Å². The van der Waals surface area contributed by atoms with Crippen molar-refractivity contribution in [3.8, 4) is 11.8 Å². The number of benzene rings is 2. The Bertz CT molecular complexity index is 968. The van der Waals surface area contributed by atoms with E-state index in [0.717, 1.165) is 28.8 Å². The van der Waals surface area contributed by atoms with Crippen LogP contribution in [0, 0.1) is 11.3 Å². The molecule has 1 amide bonds. The second-order valence-corrected chi connectivity index (χ2v) is 8.04. The fraction of sp³-hybridized carbons (Fsp3) is 0.304. The van der Waals surface area contributed by atoms with E-state index >= 15 is 0 Å². The molecule has 0 aromatic heterocycles. The molecule has 4 rings (SSSR count). The molecule has 1 saturated heterocycles. The summed E-state index contributed by atoms with van der Waals surface area (Å²) in [6, 6.07) is 20.4. The number of thioether (sulfide) groups is 1. The van der Waals surface area contributed by atoms with Gasteiger partial charge in [-0.25, -0.2) is 0 Å². The summed E-state index contributed by atoms with van der Waals surface area (Å²) in [5.74, 6) is 1.30. The third-order valence-electron chi connectivity index (χ3n) is 5.19. The van der Waals surface area contributed by atoms with Crippen molar-refractivity contribution in [1.29, 1.82) is 5.26 Å². The summed E-state index contributed by atoms with van der Waals surface area (Å²) >= 11 is 1.58. The first-order valence-corrected chi connectivity index (χ1v) is 10.7. The molecule has 0 saturated carbocycles. The highest BCUT2D eigenvalue weighted by atomic mass is 32.2. The van der Waals surface area contributed by atoms with Gasteiger partial charge in [0.2, 0.25) is 5.91 Å². The van der Waals surface area contributed by atoms with Gasteiger partial charge >= 0.3 is 0 Å². The molecule has 1 fully saturated rings. The van der Waals surface area contributed by atoms with Crippen molar-refractivity contribution in [2.24, 2.45) is 0 Å². The minimum Gasteiger partial charge on any atom is -0.494 e. The second-order valence-electron chi connectivity index (χ2n) is 7.11. The summed E-state index contributed by atoms with van der Waals surface area (Å²) in [6.45, 7) is 3.78. The molecule has 0 radical (unpaired) electrons. The summed E-state index contributed by atoms with van der Waals surface area (Å²) in [6.07, 6.45) is 0.288. The Morgan fingerprint density at radius 3 is 2.69 bits per heavy atom. The number of nitrogens with zero attached hydrogens (tertiary/aromatic N) is 3. The minimum atomic E-state index is -0.255. The summed E-state index contributed by atoms with van der Waals surface area (Å²) < 4.78 is 5.77. The van der Waals surface area contributed by atoms with Crippen LogP contribution in [-0.4, -0.2) is 34.9 Å². The van der Waals surface area contributed by atoms with E-state index in [1.807, 2.05) is 49.4 Å². The van der Waals surface area contributed by atoms with Gasteiger partial charge in [0.15, 0.2) is 0 Å². The van der Waals surface area contributed by atoms with Crippen LogP contribution in [0.1, 0.15) is 30.4 Å². The van der Waals surface area contributed by atoms with Crippen molar-refractivity contribution in [3.05, 3.63) is 76.3 Å². The molecule has 6 heteroatoms. The van der Waals surface area contributed by atoms with Crippen LogP contribution >= 0.6 is 11.8 Å². The summed E-state index contributed by atoms with van der Waals surface area (Å²) in [7, 11) is 0. The molecule has 2 aliphatic heterocycles. The fourth-order valence-electron chi connectivity index (χ4n) is 3.87. The molecule has 2 aliphatic rings. The van der Waals surface area contributed by atoms with Crippen LogP contribution in [0.4, 0.5) is 0 Å². The van der Waals surface area contributed by atoms with Crippen molar-refractivity contribution in [1.82, 2.24) is 9.80 Å². The number of nitriles is 1. The van der Waals surface area contributed by atoms with Gasteiger partial charge in [-0.3, -0.25) is 14.6 Å². The van der Waals surface area contributed by atoms with E-state index in [1.165, 1.54) is 5.56 Å². The van der Waals surface area contributed by atoms with Crippen LogP contribution in [0.2, 0.25) is 0 Å². The van der Waals surface area contributed by atoms with Gasteiger partial charge in [0.1, 0.15) is 5.75 Å². The quantitative estimate of drug-likeness (QED) is 0.742. The Balaban J connectivity index is 1.61. The Kier molecular flexibility index (Phi) is 5.89. The molecule has 0 N–H and O–H groups in total. The standard InChI is InChI=1S/C23H23N3O2S/c1-2-28-21-11-7-6-10-18(21)19-12-22(27)26-15-25(14-17-8-4-3-5-9-17)16-29-23(26)20(19)13-24/h3-11,19H,2,12,14-16H2,1H3/t19-/m1/s1. The molecule has 0 spiro atoms. The Labute approximate surface area is 175 Å². The molecule has 1 atom stereocenters. The summed E-state index contributed by atoms with van der Waals surface area (Å²) in [4.78, 5) is 17.0. The molecular weight excluding hydrogens is 382 g/mol. The molecule has 0 aliphatic carbocycles. The van der Waals surface area contributed by atoms with Crippen molar-refractivity contribution >= 4 is 17.7 Å². The lowest BCUT2D eigenvalue weighted by Crippen LogP contribution is -2.46. The molecule has 5 nitrogen and oxygen atoms in total. The number of fused-ring (bicyclic) bond motifs is 1. The maximum atomic E-state index is 13.0. The lowest BCUT2D eigenvalue weighted by atomic mass is 9.86. The maximum Gasteiger partial charge on any atom is 0.229 e. The summed E-state index contributed by atoms with van der Waals surface area (Å²) in [5.41, 5.74) is 2.80. The normalized spacial score (nSPS) is 19.7. The zero-order valence-corrected chi connectivity index (χ0v) is 17.2. The van der Waals surface area contributed by atoms with Crippen LogP contribution in [0.15, 0.2) is 65.2 Å². The number of rotatable bonds is 5. The largest absolute Gasteiger partial charge is 0.494 e. The van der Waals surface area contributed by atoms with Crippen LogP contribution in [-0.2, 0) is 11.3 Å². The molecule has 2 heterocycles. The molecule has 148 valence electrons. The zero-order chi connectivity index (χ0) is 20.2. The predicted octanol–water partition coefficient (Wildman–Crippen LogP) is 4.30. The molecule has 0 bridgehead atoms. The number of carbonyl (C=O) groups excluding carboxylic acids is 1. The van der Waals surface area contributed by atoms with Crippen LogP contribution < -0.4 is 4.74 Å². The Morgan fingerprint density at radius 1 is 1.17 bits per heavy atom. The number of ether oxygens (including phenoxy) is 1. The second kappa shape index (κ2) is 8.73. The predicted molar refractivity (Wildman–Crippen MR) is 114 cm³/mol. The van der Waals surface area contributed by atoms with E-state index in [4.69, 9.17) is 4.74 Å². The van der Waals surface area contributed by atoms with Gasteiger partial charge in [0, 0.05) is 24.4 Å². The smallest absolute Gasteiger partial charge is 0.229 e. The van der Waals surface area contributed by atoms with E-state index in [1.54, 1.807) is 16.7 Å². The SMILES string of the molecule is CCOc1ccccc1[C@H]1CC(=O)N2CN(Cc3ccccc3)CSC2=C1C#N. The monoisotopic (exact) mass is 405 g/mol. The first-order chi connectivity index (χ1) is 14.2. The van der Waals surface area contributed by atoms with Gasteiger partial charge in [-0.05, 0) is 18.6 Å². The average molecular weight is 406 g/mol. The average Bonchev–Trinajstić information content (AvgIpc) is 2.75. The number of hydrogen-bond acceptors (Lipinski definition) is 5. The number of amides is 1. The number of para-hydroxylation sites is 1. The first kappa shape index (κ1) is 19.6. The highest BCUT2D eigenvalue weighted by Gasteiger charge is 2.39. The topological polar surface area (TPSA) is 56.6 Å².